The van der Waals surface area contributed by atoms with E-state index in [2.05, 4.69) is 31.9 Å². The summed E-state index contributed by atoms with van der Waals surface area (Å²) in [5, 5.41) is 25.7. The summed E-state index contributed by atoms with van der Waals surface area (Å²) in [6.07, 6.45) is 2.79. The van der Waals surface area contributed by atoms with Gasteiger partial charge in [-0.25, -0.2) is 4.79 Å². The summed E-state index contributed by atoms with van der Waals surface area (Å²) in [5.41, 5.74) is 22.3. The zero-order chi connectivity index (χ0) is 44.0. The lowest BCUT2D eigenvalue weighted by atomic mass is 9.94. The minimum absolute atomic E-state index is 0.141. The molecule has 9 atom stereocenters. The van der Waals surface area contributed by atoms with Crippen LogP contribution in [0, 0.1) is 23.7 Å². The third-order valence-electron chi connectivity index (χ3n) is 9.98. The van der Waals surface area contributed by atoms with Crippen LogP contribution in [0.4, 0.5) is 0 Å². The van der Waals surface area contributed by atoms with E-state index in [1.807, 2.05) is 6.92 Å². The van der Waals surface area contributed by atoms with Crippen molar-refractivity contribution in [1.82, 2.24) is 31.9 Å². The molecule has 0 unspecified atom stereocenters. The number of carboxylic acids is 1. The Bertz CT molecular complexity index is 1330. The van der Waals surface area contributed by atoms with Crippen molar-refractivity contribution in [2.75, 3.05) is 13.1 Å². The van der Waals surface area contributed by atoms with Gasteiger partial charge in [0.2, 0.25) is 41.4 Å². The molecule has 0 rings (SSSR count). The molecule has 19 nitrogen and oxygen atoms in total. The van der Waals surface area contributed by atoms with Gasteiger partial charge in [0.15, 0.2) is 0 Å². The van der Waals surface area contributed by atoms with Crippen LogP contribution in [0.5, 0.6) is 0 Å². The van der Waals surface area contributed by atoms with E-state index in [0.29, 0.717) is 51.6 Å². The van der Waals surface area contributed by atoms with E-state index in [1.165, 1.54) is 0 Å². The molecule has 0 heterocycles. The molecular formula is C38H72N10O9. The van der Waals surface area contributed by atoms with Crippen molar-refractivity contribution in [2.45, 2.75) is 155 Å². The molecule has 0 spiro atoms. The highest BCUT2D eigenvalue weighted by Crippen LogP contribution is 2.15. The number of unbranched alkanes of at least 4 members (excludes halogenated alkanes) is 2. The first kappa shape index (κ1) is 52.6. The molecular weight excluding hydrogens is 740 g/mol. The highest BCUT2D eigenvalue weighted by atomic mass is 16.4. The first-order chi connectivity index (χ1) is 26.7. The molecule has 0 aliphatic heterocycles. The van der Waals surface area contributed by atoms with E-state index in [4.69, 9.17) is 22.9 Å². The Labute approximate surface area is 337 Å². The second kappa shape index (κ2) is 27.3. The van der Waals surface area contributed by atoms with Crippen molar-refractivity contribution in [1.29, 1.82) is 0 Å². The number of nitrogens with one attached hydrogen (secondary N) is 6. The van der Waals surface area contributed by atoms with Gasteiger partial charge in [0.25, 0.3) is 0 Å². The fourth-order valence-corrected chi connectivity index (χ4v) is 5.82. The second-order valence-corrected chi connectivity index (χ2v) is 15.5. The fourth-order valence-electron chi connectivity index (χ4n) is 5.82. The van der Waals surface area contributed by atoms with Crippen LogP contribution >= 0.6 is 0 Å². The average Bonchev–Trinajstić information content (AvgIpc) is 3.14. The molecule has 0 aromatic heterocycles. The van der Waals surface area contributed by atoms with Crippen molar-refractivity contribution in [3.63, 3.8) is 0 Å². The third kappa shape index (κ3) is 19.1. The van der Waals surface area contributed by atoms with Crippen molar-refractivity contribution in [3.8, 4) is 0 Å². The van der Waals surface area contributed by atoms with Crippen molar-refractivity contribution < 1.29 is 43.5 Å². The Kier molecular flexibility index (Phi) is 25.2. The van der Waals surface area contributed by atoms with E-state index < -0.39 is 114 Å². The highest BCUT2D eigenvalue weighted by Gasteiger charge is 2.37. The fraction of sp³-hybridized carbons (Fsp3) is 0.789. The van der Waals surface area contributed by atoms with Crippen LogP contribution in [0.15, 0.2) is 0 Å². The van der Waals surface area contributed by atoms with Gasteiger partial charge in [-0.1, -0.05) is 68.2 Å². The van der Waals surface area contributed by atoms with E-state index in [-0.39, 0.29) is 18.8 Å². The number of amides is 7. The number of rotatable bonds is 29. The third-order valence-corrected chi connectivity index (χ3v) is 9.98. The molecule has 0 saturated heterocycles. The van der Waals surface area contributed by atoms with E-state index in [9.17, 15) is 43.5 Å². The van der Waals surface area contributed by atoms with Gasteiger partial charge in [0.05, 0.1) is 12.5 Å². The zero-order valence-corrected chi connectivity index (χ0v) is 35.2. The van der Waals surface area contributed by atoms with Crippen LogP contribution in [-0.2, 0) is 38.4 Å². The van der Waals surface area contributed by atoms with Crippen LogP contribution in [0.3, 0.4) is 0 Å². The molecule has 15 N–H and O–H groups in total. The first-order valence-corrected chi connectivity index (χ1v) is 20.2. The summed E-state index contributed by atoms with van der Waals surface area (Å²) in [6.45, 7) is 14.5. The largest absolute Gasteiger partial charge is 0.480 e. The Morgan fingerprint density at radius 2 is 0.860 bits per heavy atom. The molecule has 19 heteroatoms. The minimum atomic E-state index is -1.30. The van der Waals surface area contributed by atoms with E-state index >= 15 is 0 Å². The number of hydrogen-bond acceptors (Lipinski definition) is 11. The lowest BCUT2D eigenvalue weighted by Crippen LogP contribution is -2.62. The molecule has 0 aromatic carbocycles. The molecule has 0 bridgehead atoms. The van der Waals surface area contributed by atoms with Crippen LogP contribution in [0.25, 0.3) is 0 Å². The molecule has 0 aromatic rings. The van der Waals surface area contributed by atoms with Gasteiger partial charge in [0.1, 0.15) is 36.3 Å². The minimum Gasteiger partial charge on any atom is -0.480 e. The normalized spacial score (nSPS) is 16.1. The number of nitrogens with two attached hydrogens (primary N) is 4. The predicted molar refractivity (Wildman–Crippen MR) is 215 cm³/mol. The summed E-state index contributed by atoms with van der Waals surface area (Å²) in [6, 6.07) is -8.18. The summed E-state index contributed by atoms with van der Waals surface area (Å²) in [4.78, 5) is 104. The second-order valence-electron chi connectivity index (χ2n) is 15.5. The summed E-state index contributed by atoms with van der Waals surface area (Å²) in [5.74, 6) is -7.92. The average molecular weight is 813 g/mol. The maximum atomic E-state index is 13.8. The molecule has 57 heavy (non-hydrogen) atoms. The molecule has 0 radical (unpaired) electrons. The zero-order valence-electron chi connectivity index (χ0n) is 35.2. The Balaban J connectivity index is 6.28. The maximum Gasteiger partial charge on any atom is 0.326 e. The standard InChI is InChI=1S/C38H72N10O9/c1-9-22(7)30(37(55)48-31(38(56)57)23(8)10-2)47-36(54)29(21(5)6)46-35(53)28(20(3)4)45-34(52)26(16-12-14-18-40)44-33(51)25(15-11-13-17-39)43-32(50)24(41)19-27(42)49/h20-26,28-31H,9-19,39-41H2,1-8H3,(H2,42,49)(H,43,50)(H,44,51)(H,45,52)(H,46,53)(H,47,54)(H,48,55)(H,56,57)/t22-,23-,24-,25-,26-,28-,29-,30-,31-/m0/s1. The molecule has 0 fully saturated rings. The van der Waals surface area contributed by atoms with Crippen LogP contribution < -0.4 is 54.8 Å². The monoisotopic (exact) mass is 813 g/mol. The summed E-state index contributed by atoms with van der Waals surface area (Å²) < 4.78 is 0. The number of carboxylic acid groups (broad SMARTS) is 1. The van der Waals surface area contributed by atoms with Gasteiger partial charge in [-0.2, -0.15) is 0 Å². The molecule has 0 aliphatic rings. The molecule has 7 amide bonds. The van der Waals surface area contributed by atoms with Gasteiger partial charge in [-0.15, -0.1) is 0 Å². The van der Waals surface area contributed by atoms with Gasteiger partial charge in [-0.05, 0) is 75.3 Å². The van der Waals surface area contributed by atoms with Crippen LogP contribution in [0.1, 0.15) is 113 Å². The van der Waals surface area contributed by atoms with Crippen LogP contribution in [-0.4, -0.2) is 108 Å². The number of primary amides is 1. The molecule has 328 valence electrons. The van der Waals surface area contributed by atoms with Crippen LogP contribution in [0.2, 0.25) is 0 Å². The predicted octanol–water partition coefficient (Wildman–Crippen LogP) is -1.16. The number of aliphatic carboxylic acids is 1. The Morgan fingerprint density at radius 3 is 1.25 bits per heavy atom. The smallest absolute Gasteiger partial charge is 0.326 e. The van der Waals surface area contributed by atoms with Gasteiger partial charge in [-0.3, -0.25) is 33.6 Å². The summed E-state index contributed by atoms with van der Waals surface area (Å²) in [7, 11) is 0. The summed E-state index contributed by atoms with van der Waals surface area (Å²) >= 11 is 0. The number of carbonyl (C=O) groups is 8. The van der Waals surface area contributed by atoms with E-state index in [1.54, 1.807) is 48.5 Å². The molecule has 0 aliphatic carbocycles. The lowest BCUT2D eigenvalue weighted by molar-refractivity contribution is -0.144. The quantitative estimate of drug-likeness (QED) is 0.0399. The first-order valence-electron chi connectivity index (χ1n) is 20.2. The van der Waals surface area contributed by atoms with E-state index in [0.717, 1.165) is 0 Å². The molecule has 0 saturated carbocycles. The topological polar surface area (TPSA) is 333 Å². The highest BCUT2D eigenvalue weighted by molar-refractivity contribution is 5.97. The lowest BCUT2D eigenvalue weighted by Gasteiger charge is -2.31. The van der Waals surface area contributed by atoms with Crippen molar-refractivity contribution in [2.24, 2.45) is 46.6 Å². The van der Waals surface area contributed by atoms with Gasteiger partial charge < -0.3 is 59.9 Å². The Hall–Kier alpha value is -4.36. The Morgan fingerprint density at radius 1 is 0.509 bits per heavy atom. The van der Waals surface area contributed by atoms with Crippen molar-refractivity contribution in [3.05, 3.63) is 0 Å². The number of carbonyl (C=O) groups excluding carboxylic acids is 7. The number of hydrogen-bond donors (Lipinski definition) is 11. The SMILES string of the molecule is CC[C@H](C)[C@H](NC(=O)[C@@H](NC(=O)[C@@H](NC(=O)[C@@H](NC(=O)[C@H](CCCCN)NC(=O)[C@H](CCCCN)NC(=O)[C@@H](N)CC(N)=O)C(C)C)C(C)C)[C@@H](C)CC)C(=O)O. The van der Waals surface area contributed by atoms with Crippen molar-refractivity contribution >= 4 is 47.3 Å². The van der Waals surface area contributed by atoms with Gasteiger partial charge >= 0.3 is 5.97 Å². The van der Waals surface area contributed by atoms with Gasteiger partial charge in [0, 0.05) is 0 Å². The maximum absolute atomic E-state index is 13.8.